The van der Waals surface area contributed by atoms with Crippen molar-refractivity contribution in [2.45, 2.75) is 58.5 Å². The monoisotopic (exact) mass is 342 g/mol. The van der Waals surface area contributed by atoms with Gasteiger partial charge in [0, 0.05) is 24.6 Å². The van der Waals surface area contributed by atoms with Crippen LogP contribution in [0.3, 0.4) is 0 Å². The second-order valence-electron chi connectivity index (χ2n) is 6.75. The van der Waals surface area contributed by atoms with Crippen molar-refractivity contribution < 1.29 is 9.21 Å². The molecule has 0 spiro atoms. The lowest BCUT2D eigenvalue weighted by molar-refractivity contribution is -0.122. The van der Waals surface area contributed by atoms with Crippen LogP contribution in [0.25, 0.3) is 16.6 Å². The van der Waals surface area contributed by atoms with E-state index in [4.69, 9.17) is 4.42 Å². The number of nitrogens with one attached hydrogen (secondary N) is 1. The molecule has 3 heterocycles. The fraction of sp³-hybridized carbons (Fsp3) is 0.500. The van der Waals surface area contributed by atoms with Gasteiger partial charge in [-0.05, 0) is 19.8 Å². The van der Waals surface area contributed by atoms with Crippen molar-refractivity contribution in [3.05, 3.63) is 34.1 Å². The first-order valence-corrected chi connectivity index (χ1v) is 8.87. The van der Waals surface area contributed by atoms with E-state index in [9.17, 15) is 9.59 Å². The number of rotatable bonds is 4. The Balaban J connectivity index is 1.73. The van der Waals surface area contributed by atoms with Crippen molar-refractivity contribution >= 4 is 22.5 Å². The number of aromatic nitrogens is 3. The highest BCUT2D eigenvalue weighted by atomic mass is 16.3. The molecule has 3 aromatic rings. The molecule has 7 heteroatoms. The van der Waals surface area contributed by atoms with Crippen LogP contribution in [0.15, 0.2) is 21.3 Å². The van der Waals surface area contributed by atoms with Crippen molar-refractivity contribution in [3.63, 3.8) is 0 Å². The minimum Gasteiger partial charge on any atom is -0.460 e. The zero-order chi connectivity index (χ0) is 17.6. The summed E-state index contributed by atoms with van der Waals surface area (Å²) in [5.41, 5.74) is 1.73. The number of amides is 1. The van der Waals surface area contributed by atoms with E-state index in [-0.39, 0.29) is 24.1 Å². The number of nitrogens with zero attached hydrogens (tertiary/aromatic N) is 3. The van der Waals surface area contributed by atoms with Gasteiger partial charge < -0.3 is 9.73 Å². The fourth-order valence-corrected chi connectivity index (χ4v) is 3.73. The van der Waals surface area contributed by atoms with E-state index in [1.807, 2.05) is 24.3 Å². The molecule has 4 rings (SSSR count). The summed E-state index contributed by atoms with van der Waals surface area (Å²) < 4.78 is 8.74. The highest BCUT2D eigenvalue weighted by molar-refractivity contribution is 5.83. The van der Waals surface area contributed by atoms with Gasteiger partial charge in [-0.25, -0.2) is 4.68 Å². The van der Waals surface area contributed by atoms with Crippen LogP contribution in [0.1, 0.15) is 44.2 Å². The second-order valence-corrected chi connectivity index (χ2v) is 6.75. The average Bonchev–Trinajstić information content (AvgIpc) is 3.26. The normalized spacial score (nSPS) is 15.4. The lowest BCUT2D eigenvalue weighted by atomic mass is 10.2. The van der Waals surface area contributed by atoms with Crippen LogP contribution in [-0.2, 0) is 17.8 Å². The molecule has 0 bridgehead atoms. The molecule has 7 nitrogen and oxygen atoms in total. The van der Waals surface area contributed by atoms with Gasteiger partial charge in [0.25, 0.3) is 5.56 Å². The Morgan fingerprint density at radius 3 is 2.80 bits per heavy atom. The third kappa shape index (κ3) is 2.73. The minimum atomic E-state index is -0.275. The lowest BCUT2D eigenvalue weighted by Gasteiger charge is -2.13. The smallest absolute Gasteiger partial charge is 0.291 e. The zero-order valence-corrected chi connectivity index (χ0v) is 14.5. The van der Waals surface area contributed by atoms with Gasteiger partial charge in [-0.2, -0.15) is 5.10 Å². The molecule has 1 aliphatic rings. The number of hydrogen-bond acceptors (Lipinski definition) is 4. The molecule has 1 fully saturated rings. The molecule has 3 aromatic heterocycles. The van der Waals surface area contributed by atoms with Gasteiger partial charge in [0.2, 0.25) is 5.91 Å². The fourth-order valence-electron chi connectivity index (χ4n) is 3.73. The van der Waals surface area contributed by atoms with E-state index in [0.29, 0.717) is 17.5 Å². The molecular weight excluding hydrogens is 320 g/mol. The Labute approximate surface area is 144 Å². The number of carbonyl (C=O) groups excluding carboxylic acids is 1. The number of aryl methyl sites for hydroxylation is 2. The molecular formula is C18H22N4O3. The highest BCUT2D eigenvalue weighted by Gasteiger charge is 2.20. The van der Waals surface area contributed by atoms with Crippen LogP contribution < -0.4 is 10.9 Å². The van der Waals surface area contributed by atoms with Gasteiger partial charge in [0.1, 0.15) is 23.6 Å². The molecule has 0 atom stereocenters. The maximum atomic E-state index is 12.8. The van der Waals surface area contributed by atoms with E-state index in [2.05, 4.69) is 10.4 Å². The summed E-state index contributed by atoms with van der Waals surface area (Å²) in [7, 11) is 0. The summed E-state index contributed by atoms with van der Waals surface area (Å²) in [6, 6.07) is 3.87. The Morgan fingerprint density at radius 2 is 2.08 bits per heavy atom. The first kappa shape index (κ1) is 15.9. The third-order valence-electron chi connectivity index (χ3n) is 4.89. The van der Waals surface area contributed by atoms with Crippen molar-refractivity contribution in [2.75, 3.05) is 0 Å². The van der Waals surface area contributed by atoms with Crippen molar-refractivity contribution in [3.8, 4) is 0 Å². The zero-order valence-electron chi connectivity index (χ0n) is 14.5. The van der Waals surface area contributed by atoms with Crippen molar-refractivity contribution in [2.24, 2.45) is 0 Å². The van der Waals surface area contributed by atoms with Gasteiger partial charge in [-0.3, -0.25) is 14.0 Å². The van der Waals surface area contributed by atoms with Gasteiger partial charge in [-0.1, -0.05) is 19.8 Å². The quantitative estimate of drug-likeness (QED) is 0.788. The van der Waals surface area contributed by atoms with Gasteiger partial charge in [-0.15, -0.1) is 0 Å². The Hall–Kier alpha value is -2.57. The number of hydrogen-bond donors (Lipinski definition) is 1. The molecule has 0 saturated heterocycles. The van der Waals surface area contributed by atoms with E-state index < -0.39 is 0 Å². The summed E-state index contributed by atoms with van der Waals surface area (Å²) in [4.78, 5) is 25.1. The van der Waals surface area contributed by atoms with Crippen LogP contribution in [0.4, 0.5) is 0 Å². The minimum absolute atomic E-state index is 0.0512. The molecule has 25 heavy (non-hydrogen) atoms. The Morgan fingerprint density at radius 1 is 1.32 bits per heavy atom. The summed E-state index contributed by atoms with van der Waals surface area (Å²) in [6.45, 7) is 3.80. The maximum absolute atomic E-state index is 12.8. The molecule has 1 aliphatic carbocycles. The molecule has 0 unspecified atom stereocenters. The standard InChI is InChI=1S/C18H22N4O3/c1-3-16-20-21(10-17(23)19-12-6-4-5-7-12)18(24)14-9-15-13(22(14)16)8-11(2)25-15/h8-9,12H,3-7,10H2,1-2H3,(H,19,23). The topological polar surface area (TPSA) is 81.5 Å². The Bertz CT molecular complexity index is 1000. The van der Waals surface area contributed by atoms with E-state index in [1.54, 1.807) is 6.07 Å². The van der Waals surface area contributed by atoms with Crippen molar-refractivity contribution in [1.82, 2.24) is 19.5 Å². The largest absolute Gasteiger partial charge is 0.460 e. The summed E-state index contributed by atoms with van der Waals surface area (Å²) in [5, 5.41) is 7.43. The molecule has 1 saturated carbocycles. The number of furan rings is 1. The maximum Gasteiger partial charge on any atom is 0.291 e. The average molecular weight is 342 g/mol. The van der Waals surface area contributed by atoms with E-state index >= 15 is 0 Å². The molecule has 0 radical (unpaired) electrons. The number of carbonyl (C=O) groups is 1. The van der Waals surface area contributed by atoms with E-state index in [0.717, 1.165) is 42.8 Å². The predicted molar refractivity (Wildman–Crippen MR) is 93.7 cm³/mol. The van der Waals surface area contributed by atoms with Crippen LogP contribution in [0.2, 0.25) is 0 Å². The summed E-state index contributed by atoms with van der Waals surface area (Å²) in [6.07, 6.45) is 4.98. The van der Waals surface area contributed by atoms with E-state index in [1.165, 1.54) is 4.68 Å². The van der Waals surface area contributed by atoms with Crippen LogP contribution in [-0.4, -0.2) is 26.1 Å². The molecule has 132 valence electrons. The molecule has 0 aromatic carbocycles. The van der Waals surface area contributed by atoms with Crippen LogP contribution >= 0.6 is 0 Å². The molecule has 1 amide bonds. The number of fused-ring (bicyclic) bond motifs is 3. The molecule has 1 N–H and O–H groups in total. The van der Waals surface area contributed by atoms with Crippen molar-refractivity contribution in [1.29, 1.82) is 0 Å². The summed E-state index contributed by atoms with van der Waals surface area (Å²) >= 11 is 0. The third-order valence-corrected chi connectivity index (χ3v) is 4.89. The lowest BCUT2D eigenvalue weighted by Crippen LogP contribution is -2.39. The SMILES string of the molecule is CCc1nn(CC(=O)NC2CCCC2)c(=O)c2cc3oc(C)cc3n12. The Kier molecular flexibility index (Phi) is 3.86. The van der Waals surface area contributed by atoms with Gasteiger partial charge in [0.15, 0.2) is 5.58 Å². The summed E-state index contributed by atoms with van der Waals surface area (Å²) in [5.74, 6) is 1.37. The van der Waals surface area contributed by atoms with Crippen LogP contribution in [0, 0.1) is 6.92 Å². The first-order valence-electron chi connectivity index (χ1n) is 8.87. The van der Waals surface area contributed by atoms with Gasteiger partial charge in [0.05, 0.1) is 5.52 Å². The van der Waals surface area contributed by atoms with Crippen LogP contribution in [0.5, 0.6) is 0 Å². The predicted octanol–water partition coefficient (Wildman–Crippen LogP) is 2.17. The van der Waals surface area contributed by atoms with Gasteiger partial charge >= 0.3 is 0 Å². The first-order chi connectivity index (χ1) is 12.1. The molecule has 0 aliphatic heterocycles. The second kappa shape index (κ2) is 6.06. The highest BCUT2D eigenvalue weighted by Crippen LogP contribution is 2.23.